The topological polar surface area (TPSA) is 10.9 Å². The second-order valence-corrected chi connectivity index (χ2v) is 11.5. The fraction of sp³-hybridized carbons (Fsp3) is 0.152. The Morgan fingerprint density at radius 3 is 2.38 bits per heavy atom. The van der Waals surface area contributed by atoms with E-state index in [1.807, 2.05) is 11.3 Å². The quantitative estimate of drug-likeness (QED) is 0.227. The van der Waals surface area contributed by atoms with Crippen LogP contribution in [-0.4, -0.2) is 9.69 Å². The molecule has 1 saturated heterocycles. The summed E-state index contributed by atoms with van der Waals surface area (Å²) < 4.78 is 3.86. The van der Waals surface area contributed by atoms with Gasteiger partial charge in [0.05, 0.1) is 11.0 Å². The number of aromatic nitrogens is 1. The molecular formula is C33H27N3S. The number of thiophene rings is 1. The third-order valence-corrected chi connectivity index (χ3v) is 9.06. The summed E-state index contributed by atoms with van der Waals surface area (Å²) in [5.74, 6) is 0.611. The van der Waals surface area contributed by atoms with Gasteiger partial charge in [0.1, 0.15) is 0 Å². The molecule has 1 fully saturated rings. The normalized spacial score (nSPS) is 20.7. The van der Waals surface area contributed by atoms with E-state index in [1.165, 1.54) is 53.5 Å². The van der Waals surface area contributed by atoms with Crippen molar-refractivity contribution in [1.29, 1.82) is 0 Å². The van der Waals surface area contributed by atoms with Gasteiger partial charge < -0.3 is 0 Å². The molecule has 2 aromatic heterocycles. The van der Waals surface area contributed by atoms with E-state index < -0.39 is 0 Å². The van der Waals surface area contributed by atoms with Crippen LogP contribution >= 0.6 is 11.3 Å². The van der Waals surface area contributed by atoms with E-state index in [4.69, 9.17) is 0 Å². The van der Waals surface area contributed by atoms with Gasteiger partial charge in [-0.3, -0.25) is 0 Å². The molecule has 1 aliphatic heterocycles. The Hall–Kier alpha value is -3.86. The lowest BCUT2D eigenvalue weighted by molar-refractivity contribution is 0.471. The Morgan fingerprint density at radius 2 is 1.54 bits per heavy atom. The van der Waals surface area contributed by atoms with Gasteiger partial charge in [0.2, 0.25) is 0 Å². The first-order chi connectivity index (χ1) is 18.3. The highest BCUT2D eigenvalue weighted by molar-refractivity contribution is 7.19. The molecule has 0 radical (unpaired) electrons. The molecule has 3 nitrogen and oxygen atoms in total. The van der Waals surface area contributed by atoms with Crippen LogP contribution in [0.4, 0.5) is 0 Å². The molecule has 2 unspecified atom stereocenters. The highest BCUT2D eigenvalue weighted by atomic mass is 32.1. The van der Waals surface area contributed by atoms with Crippen LogP contribution in [0.3, 0.4) is 0 Å². The standard InChI is InChI=1S/C33H27N3S/c1-22-16-17-26-28-19-30-27(20-32(28)37-31(26)18-22)25-14-8-9-15-29(25)35(30)36-33(24-12-6-3-7-13-24)34(36)21-23-10-4-2-5-11-23/h2-17,19-20,22,33H,18,21H2,1H3/t22?,33-,34?,36?/m1/s1. The number of nitrogens with zero attached hydrogens (tertiary/aromatic N) is 3. The Labute approximate surface area is 220 Å². The number of rotatable bonds is 4. The first-order valence-electron chi connectivity index (χ1n) is 13.1. The van der Waals surface area contributed by atoms with Gasteiger partial charge in [-0.25, -0.2) is 9.79 Å². The molecule has 0 bridgehead atoms. The van der Waals surface area contributed by atoms with Crippen molar-refractivity contribution >= 4 is 49.3 Å². The van der Waals surface area contributed by atoms with Crippen LogP contribution in [0.15, 0.2) is 103 Å². The van der Waals surface area contributed by atoms with Crippen molar-refractivity contribution < 1.29 is 0 Å². The van der Waals surface area contributed by atoms with Crippen molar-refractivity contribution in [2.75, 3.05) is 5.12 Å². The molecule has 3 heterocycles. The van der Waals surface area contributed by atoms with Gasteiger partial charge in [-0.2, -0.15) is 5.01 Å². The lowest BCUT2D eigenvalue weighted by Crippen LogP contribution is -2.18. The zero-order chi connectivity index (χ0) is 24.5. The number of para-hydroxylation sites is 1. The van der Waals surface area contributed by atoms with Gasteiger partial charge in [-0.1, -0.05) is 97.9 Å². The minimum atomic E-state index is 0.188. The monoisotopic (exact) mass is 497 g/mol. The fourth-order valence-electron chi connectivity index (χ4n) is 6.06. The van der Waals surface area contributed by atoms with Crippen molar-refractivity contribution in [2.45, 2.75) is 26.1 Å². The summed E-state index contributed by atoms with van der Waals surface area (Å²) in [6.45, 7) is 3.18. The zero-order valence-electron chi connectivity index (χ0n) is 20.7. The van der Waals surface area contributed by atoms with Crippen LogP contribution in [0.1, 0.15) is 34.7 Å². The van der Waals surface area contributed by atoms with Gasteiger partial charge in [-0.05, 0) is 47.2 Å². The Morgan fingerprint density at radius 1 is 0.784 bits per heavy atom. The second kappa shape index (κ2) is 8.07. The molecule has 2 aliphatic rings. The van der Waals surface area contributed by atoms with Crippen molar-refractivity contribution in [3.63, 3.8) is 0 Å². The molecule has 0 N–H and O–H groups in total. The van der Waals surface area contributed by atoms with Gasteiger partial charge in [-0.15, -0.1) is 11.3 Å². The predicted octanol–water partition coefficient (Wildman–Crippen LogP) is 8.28. The molecule has 8 rings (SSSR count). The van der Waals surface area contributed by atoms with Crippen LogP contribution in [0.25, 0.3) is 38.0 Å². The minimum Gasteiger partial charge on any atom is -0.240 e. The summed E-state index contributed by atoms with van der Waals surface area (Å²) in [7, 11) is 0. The van der Waals surface area contributed by atoms with Crippen LogP contribution in [0.2, 0.25) is 0 Å². The van der Waals surface area contributed by atoms with Crippen molar-refractivity contribution in [2.24, 2.45) is 5.92 Å². The number of hydrazine groups is 1. The number of hydrogen-bond acceptors (Lipinski definition) is 3. The van der Waals surface area contributed by atoms with E-state index in [0.717, 1.165) is 13.0 Å². The van der Waals surface area contributed by atoms with Gasteiger partial charge in [0.15, 0.2) is 6.17 Å². The number of fused-ring (bicyclic) bond motifs is 6. The Bertz CT molecular complexity index is 1810. The fourth-order valence-corrected chi connectivity index (χ4v) is 7.42. The molecule has 0 spiro atoms. The highest BCUT2D eigenvalue weighted by Gasteiger charge is 2.48. The average molecular weight is 498 g/mol. The van der Waals surface area contributed by atoms with Gasteiger partial charge in [0, 0.05) is 32.3 Å². The first kappa shape index (κ1) is 21.2. The van der Waals surface area contributed by atoms with Crippen LogP contribution in [0, 0.1) is 5.92 Å². The van der Waals surface area contributed by atoms with E-state index >= 15 is 0 Å². The van der Waals surface area contributed by atoms with Crippen LogP contribution < -0.4 is 5.12 Å². The van der Waals surface area contributed by atoms with Gasteiger partial charge >= 0.3 is 0 Å². The molecule has 180 valence electrons. The number of benzene rings is 4. The molecule has 37 heavy (non-hydrogen) atoms. The average Bonchev–Trinajstić information content (AvgIpc) is 3.36. The maximum absolute atomic E-state index is 2.48. The molecule has 0 saturated carbocycles. The minimum absolute atomic E-state index is 0.188. The number of hydrogen-bond donors (Lipinski definition) is 0. The van der Waals surface area contributed by atoms with Crippen LogP contribution in [0.5, 0.6) is 0 Å². The zero-order valence-corrected chi connectivity index (χ0v) is 21.5. The molecule has 1 aliphatic carbocycles. The highest BCUT2D eigenvalue weighted by Crippen LogP contribution is 2.46. The predicted molar refractivity (Wildman–Crippen MR) is 156 cm³/mol. The van der Waals surface area contributed by atoms with Crippen molar-refractivity contribution in [3.05, 3.63) is 125 Å². The molecule has 3 atom stereocenters. The maximum Gasteiger partial charge on any atom is 0.159 e. The molecule has 6 aromatic rings. The van der Waals surface area contributed by atoms with Gasteiger partial charge in [0.25, 0.3) is 0 Å². The number of allylic oxidation sites excluding steroid dienone is 1. The second-order valence-electron chi connectivity index (χ2n) is 10.4. The van der Waals surface area contributed by atoms with Crippen LogP contribution in [-0.2, 0) is 13.0 Å². The lowest BCUT2D eigenvalue weighted by Gasteiger charge is -2.12. The molecular weight excluding hydrogens is 470 g/mol. The van der Waals surface area contributed by atoms with Crippen molar-refractivity contribution in [1.82, 2.24) is 9.69 Å². The summed E-state index contributed by atoms with van der Waals surface area (Å²) in [4.78, 5) is 1.52. The lowest BCUT2D eigenvalue weighted by atomic mass is 9.95. The molecule has 4 heteroatoms. The van der Waals surface area contributed by atoms with Crippen molar-refractivity contribution in [3.8, 4) is 0 Å². The Kier molecular flexibility index (Phi) is 4.63. The molecule has 4 aromatic carbocycles. The first-order valence-corrected chi connectivity index (χ1v) is 13.9. The maximum atomic E-state index is 2.48. The Balaban J connectivity index is 1.35. The van der Waals surface area contributed by atoms with E-state index in [9.17, 15) is 0 Å². The summed E-state index contributed by atoms with van der Waals surface area (Å²) in [6.07, 6.45) is 6.05. The smallest absolute Gasteiger partial charge is 0.159 e. The van der Waals surface area contributed by atoms with E-state index in [0.29, 0.717) is 5.92 Å². The largest absolute Gasteiger partial charge is 0.240 e. The summed E-state index contributed by atoms with van der Waals surface area (Å²) in [5, 5.41) is 8.96. The van der Waals surface area contributed by atoms with E-state index in [2.05, 4.69) is 131 Å². The van der Waals surface area contributed by atoms with E-state index in [-0.39, 0.29) is 6.17 Å². The summed E-state index contributed by atoms with van der Waals surface area (Å²) in [5.41, 5.74) is 6.58. The summed E-state index contributed by atoms with van der Waals surface area (Å²) in [6, 6.07) is 35.4. The summed E-state index contributed by atoms with van der Waals surface area (Å²) >= 11 is 1.98. The third kappa shape index (κ3) is 3.29. The SMILES string of the molecule is CC1C=Cc2c(sc3cc4c5ccccc5n(N5[C@H](c6ccccc6)N5Cc5ccccc5)c4cc23)C1. The third-order valence-electron chi connectivity index (χ3n) is 7.87. The molecule has 0 amide bonds. The van der Waals surface area contributed by atoms with E-state index in [1.54, 1.807) is 0 Å².